The molecule has 1 amide bonds. The fourth-order valence-corrected chi connectivity index (χ4v) is 2.98. The summed E-state index contributed by atoms with van der Waals surface area (Å²) in [7, 11) is 0. The second-order valence-electron chi connectivity index (χ2n) is 6.59. The van der Waals surface area contributed by atoms with Crippen molar-refractivity contribution in [2.45, 2.75) is 45.3 Å². The standard InChI is InChI=1S/C18H22F2N4O2/c1-11(2)26-18(25)24-9-7-12(8-10-24)21-16-13-5-3-4-6-14(13)22-17(23-16)15(19)20/h3-6,11-12,15H,7-10H2,1-2H3,(H,21,22,23). The van der Waals surface area contributed by atoms with Crippen LogP contribution in [-0.4, -0.2) is 46.2 Å². The van der Waals surface area contributed by atoms with Gasteiger partial charge >= 0.3 is 6.09 Å². The van der Waals surface area contributed by atoms with Crippen LogP contribution >= 0.6 is 0 Å². The molecule has 8 heteroatoms. The number of hydrogen-bond donors (Lipinski definition) is 1. The third-order valence-electron chi connectivity index (χ3n) is 4.25. The molecule has 1 aliphatic rings. The first-order valence-electron chi connectivity index (χ1n) is 8.71. The van der Waals surface area contributed by atoms with E-state index in [1.54, 1.807) is 17.0 Å². The van der Waals surface area contributed by atoms with E-state index in [0.29, 0.717) is 42.7 Å². The van der Waals surface area contributed by atoms with E-state index in [9.17, 15) is 13.6 Å². The Hall–Kier alpha value is -2.51. The lowest BCUT2D eigenvalue weighted by Crippen LogP contribution is -2.43. The van der Waals surface area contributed by atoms with Gasteiger partial charge in [0.05, 0.1) is 11.6 Å². The first-order chi connectivity index (χ1) is 12.4. The van der Waals surface area contributed by atoms with Gasteiger partial charge in [0.25, 0.3) is 6.43 Å². The van der Waals surface area contributed by atoms with Crippen LogP contribution in [0.25, 0.3) is 10.9 Å². The fourth-order valence-electron chi connectivity index (χ4n) is 2.98. The number of carbonyl (C=O) groups is 1. The number of carbonyl (C=O) groups excluding carboxylic acids is 1. The van der Waals surface area contributed by atoms with Crippen molar-refractivity contribution in [2.75, 3.05) is 18.4 Å². The SMILES string of the molecule is CC(C)OC(=O)N1CCC(Nc2nc(C(F)F)nc3ccccc23)CC1. The number of halogens is 2. The molecule has 0 bridgehead atoms. The molecule has 0 unspecified atom stereocenters. The van der Waals surface area contributed by atoms with Crippen LogP contribution in [0.2, 0.25) is 0 Å². The summed E-state index contributed by atoms with van der Waals surface area (Å²) in [5, 5.41) is 3.96. The maximum atomic E-state index is 13.1. The van der Waals surface area contributed by atoms with Gasteiger partial charge in [-0.25, -0.2) is 23.5 Å². The molecule has 26 heavy (non-hydrogen) atoms. The normalized spacial score (nSPS) is 15.7. The number of nitrogens with zero attached hydrogens (tertiary/aromatic N) is 3. The topological polar surface area (TPSA) is 67.3 Å². The van der Waals surface area contributed by atoms with Crippen LogP contribution in [0, 0.1) is 0 Å². The average molecular weight is 364 g/mol. The molecule has 1 aliphatic heterocycles. The molecule has 2 heterocycles. The number of amides is 1. The minimum atomic E-state index is -2.73. The van der Waals surface area contributed by atoms with Crippen molar-refractivity contribution in [3.63, 3.8) is 0 Å². The molecule has 1 fully saturated rings. The highest BCUT2D eigenvalue weighted by atomic mass is 19.3. The highest BCUT2D eigenvalue weighted by Crippen LogP contribution is 2.26. The van der Waals surface area contributed by atoms with Gasteiger partial charge in [0.1, 0.15) is 5.82 Å². The Labute approximate surface area is 150 Å². The molecule has 6 nitrogen and oxygen atoms in total. The summed E-state index contributed by atoms with van der Waals surface area (Å²) in [4.78, 5) is 21.5. The van der Waals surface area contributed by atoms with Crippen LogP contribution in [-0.2, 0) is 4.74 Å². The molecule has 0 atom stereocenters. The van der Waals surface area contributed by atoms with Crippen LogP contribution in [0.15, 0.2) is 24.3 Å². The lowest BCUT2D eigenvalue weighted by atomic mass is 10.1. The van der Waals surface area contributed by atoms with E-state index in [1.807, 2.05) is 26.0 Å². The van der Waals surface area contributed by atoms with E-state index in [0.717, 1.165) is 0 Å². The van der Waals surface area contributed by atoms with Gasteiger partial charge in [-0.3, -0.25) is 0 Å². The third kappa shape index (κ3) is 4.17. The van der Waals surface area contributed by atoms with Crippen molar-refractivity contribution in [1.29, 1.82) is 0 Å². The monoisotopic (exact) mass is 364 g/mol. The van der Waals surface area contributed by atoms with Crippen molar-refractivity contribution < 1.29 is 18.3 Å². The Morgan fingerprint density at radius 3 is 2.58 bits per heavy atom. The molecule has 1 aromatic heterocycles. The van der Waals surface area contributed by atoms with Gasteiger partial charge in [0.2, 0.25) is 0 Å². The predicted octanol–water partition coefficient (Wildman–Crippen LogP) is 3.99. The number of fused-ring (bicyclic) bond motifs is 1. The van der Waals surface area contributed by atoms with Crippen molar-refractivity contribution in [2.24, 2.45) is 0 Å². The number of likely N-dealkylation sites (tertiary alicyclic amines) is 1. The molecule has 3 rings (SSSR count). The second kappa shape index (κ2) is 7.80. The Bertz CT molecular complexity index is 777. The van der Waals surface area contributed by atoms with Crippen LogP contribution in [0.3, 0.4) is 0 Å². The van der Waals surface area contributed by atoms with Crippen molar-refractivity contribution >= 4 is 22.8 Å². The summed E-state index contributed by atoms with van der Waals surface area (Å²) in [5.74, 6) is -0.0711. The van der Waals surface area contributed by atoms with E-state index >= 15 is 0 Å². The van der Waals surface area contributed by atoms with Gasteiger partial charge in [-0.2, -0.15) is 0 Å². The summed E-state index contributed by atoms with van der Waals surface area (Å²) in [6.07, 6.45) is -1.82. The van der Waals surface area contributed by atoms with Gasteiger partial charge in [-0.1, -0.05) is 12.1 Å². The summed E-state index contributed by atoms with van der Waals surface area (Å²) in [5.41, 5.74) is 0.484. The van der Waals surface area contributed by atoms with Gasteiger partial charge in [-0.15, -0.1) is 0 Å². The first kappa shape index (κ1) is 18.3. The summed E-state index contributed by atoms with van der Waals surface area (Å²) in [6, 6.07) is 7.12. The minimum absolute atomic E-state index is 0.0435. The Balaban J connectivity index is 1.71. The number of para-hydroxylation sites is 1. The third-order valence-corrected chi connectivity index (χ3v) is 4.25. The fraction of sp³-hybridized carbons (Fsp3) is 0.500. The summed E-state index contributed by atoms with van der Waals surface area (Å²) in [6.45, 7) is 4.72. The zero-order valence-corrected chi connectivity index (χ0v) is 14.8. The van der Waals surface area contributed by atoms with Gasteiger partial charge < -0.3 is 15.0 Å². The number of rotatable bonds is 4. The number of benzene rings is 1. The van der Waals surface area contributed by atoms with Crippen LogP contribution in [0.5, 0.6) is 0 Å². The molecule has 1 aromatic carbocycles. The molecule has 2 aromatic rings. The maximum Gasteiger partial charge on any atom is 0.410 e. The van der Waals surface area contributed by atoms with Crippen LogP contribution in [0.4, 0.5) is 19.4 Å². The van der Waals surface area contributed by atoms with E-state index < -0.39 is 12.2 Å². The molecule has 0 radical (unpaired) electrons. The Morgan fingerprint density at radius 2 is 1.92 bits per heavy atom. The minimum Gasteiger partial charge on any atom is -0.447 e. The van der Waals surface area contributed by atoms with Crippen LogP contribution in [0.1, 0.15) is 38.9 Å². The zero-order valence-electron chi connectivity index (χ0n) is 14.8. The number of aromatic nitrogens is 2. The van der Waals surface area contributed by atoms with E-state index in [2.05, 4.69) is 15.3 Å². The molecule has 140 valence electrons. The molecular formula is C18H22F2N4O2. The summed E-state index contributed by atoms with van der Waals surface area (Å²) < 4.78 is 31.4. The van der Waals surface area contributed by atoms with Crippen LogP contribution < -0.4 is 5.32 Å². The van der Waals surface area contributed by atoms with E-state index in [4.69, 9.17) is 4.74 Å². The molecular weight excluding hydrogens is 342 g/mol. The maximum absolute atomic E-state index is 13.1. The number of anilines is 1. The van der Waals surface area contributed by atoms with Crippen molar-refractivity contribution in [1.82, 2.24) is 14.9 Å². The lowest BCUT2D eigenvalue weighted by molar-refractivity contribution is 0.0701. The number of piperidine rings is 1. The smallest absolute Gasteiger partial charge is 0.410 e. The van der Waals surface area contributed by atoms with Gasteiger partial charge in [-0.05, 0) is 38.8 Å². The van der Waals surface area contributed by atoms with E-state index in [-0.39, 0.29) is 18.2 Å². The number of nitrogens with one attached hydrogen (secondary N) is 1. The average Bonchev–Trinajstić information content (AvgIpc) is 2.61. The highest BCUT2D eigenvalue weighted by Gasteiger charge is 2.25. The van der Waals surface area contributed by atoms with E-state index in [1.165, 1.54) is 0 Å². The van der Waals surface area contributed by atoms with Crippen molar-refractivity contribution in [3.8, 4) is 0 Å². The van der Waals surface area contributed by atoms with Gasteiger partial charge in [0, 0.05) is 24.5 Å². The summed E-state index contributed by atoms with van der Waals surface area (Å²) >= 11 is 0. The number of alkyl halides is 2. The predicted molar refractivity (Wildman–Crippen MR) is 94.3 cm³/mol. The Morgan fingerprint density at radius 1 is 1.23 bits per heavy atom. The molecule has 0 saturated carbocycles. The number of ether oxygens (including phenoxy) is 1. The molecule has 1 saturated heterocycles. The van der Waals surface area contributed by atoms with Crippen molar-refractivity contribution in [3.05, 3.63) is 30.1 Å². The first-order valence-corrected chi connectivity index (χ1v) is 8.71. The lowest BCUT2D eigenvalue weighted by Gasteiger charge is -2.32. The molecule has 1 N–H and O–H groups in total. The van der Waals surface area contributed by atoms with Gasteiger partial charge in [0.15, 0.2) is 5.82 Å². The molecule has 0 spiro atoms. The second-order valence-corrected chi connectivity index (χ2v) is 6.59. The quantitative estimate of drug-likeness (QED) is 0.889. The number of hydrogen-bond acceptors (Lipinski definition) is 5. The largest absolute Gasteiger partial charge is 0.447 e. The zero-order chi connectivity index (χ0) is 18.7. The molecule has 0 aliphatic carbocycles. The Kier molecular flexibility index (Phi) is 5.49. The highest BCUT2D eigenvalue weighted by molar-refractivity contribution is 5.89.